The maximum Gasteiger partial charge on any atom is 0.287 e. The molecule has 19 heavy (non-hydrogen) atoms. The van der Waals surface area contributed by atoms with Gasteiger partial charge in [-0.25, -0.2) is 4.98 Å². The van der Waals surface area contributed by atoms with Crippen LogP contribution in [0.1, 0.15) is 6.92 Å². The van der Waals surface area contributed by atoms with Crippen LogP contribution >= 0.6 is 33.3 Å². The minimum atomic E-state index is -0.465. The molecule has 0 spiro atoms. The van der Waals surface area contributed by atoms with Crippen molar-refractivity contribution in [2.45, 2.75) is 11.9 Å². The molecule has 1 heterocycles. The maximum atomic E-state index is 10.6. The zero-order valence-electron chi connectivity index (χ0n) is 10.2. The Morgan fingerprint density at radius 2 is 2.26 bits per heavy atom. The molecule has 6 nitrogen and oxygen atoms in total. The summed E-state index contributed by atoms with van der Waals surface area (Å²) >= 11 is 1.65. The Balaban J connectivity index is 2.12. The maximum absolute atomic E-state index is 10.6. The number of hydrogen-bond donors (Lipinski definition) is 1. The Morgan fingerprint density at radius 3 is 2.84 bits per heavy atom. The number of pyridine rings is 1. The molecule has 1 aromatic rings. The molecule has 1 amide bonds. The summed E-state index contributed by atoms with van der Waals surface area (Å²) < 4.78 is 0. The SMILES string of the molecule is CC(=O)NCSCCSSc1ccc([N+](=O)[O-])cn1. The molecule has 0 atom stereocenters. The number of aromatic nitrogens is 1. The first-order valence-corrected chi connectivity index (χ1v) is 8.79. The highest BCUT2D eigenvalue weighted by atomic mass is 33.1. The van der Waals surface area contributed by atoms with Gasteiger partial charge in [0.2, 0.25) is 5.91 Å². The molecule has 0 saturated carbocycles. The number of thioether (sulfide) groups is 1. The standard InChI is InChI=1S/C10H13N3O3S3/c1-8(14)12-7-17-4-5-18-19-10-3-2-9(6-11-10)13(15)16/h2-3,6H,4-5,7H2,1H3,(H,12,14). The van der Waals surface area contributed by atoms with Gasteiger partial charge >= 0.3 is 0 Å². The first-order valence-electron chi connectivity index (χ1n) is 5.31. The van der Waals surface area contributed by atoms with Crippen LogP contribution in [0, 0.1) is 10.1 Å². The lowest BCUT2D eigenvalue weighted by atomic mass is 10.4. The van der Waals surface area contributed by atoms with Crippen molar-refractivity contribution in [1.29, 1.82) is 0 Å². The van der Waals surface area contributed by atoms with E-state index in [-0.39, 0.29) is 11.6 Å². The predicted molar refractivity (Wildman–Crippen MR) is 80.3 cm³/mol. The number of nitrogens with zero attached hydrogens (tertiary/aromatic N) is 2. The Bertz CT molecular complexity index is 428. The van der Waals surface area contributed by atoms with E-state index in [0.717, 1.165) is 16.5 Å². The van der Waals surface area contributed by atoms with Crippen LogP contribution in [0.25, 0.3) is 0 Å². The molecule has 0 bridgehead atoms. The topological polar surface area (TPSA) is 85.1 Å². The third-order valence-corrected chi connectivity index (χ3v) is 5.18. The highest BCUT2D eigenvalue weighted by Crippen LogP contribution is 2.30. The van der Waals surface area contributed by atoms with Crippen molar-refractivity contribution in [3.05, 3.63) is 28.4 Å². The van der Waals surface area contributed by atoms with Crippen molar-refractivity contribution in [1.82, 2.24) is 10.3 Å². The molecule has 9 heteroatoms. The van der Waals surface area contributed by atoms with Crippen LogP contribution in [0.5, 0.6) is 0 Å². The lowest BCUT2D eigenvalue weighted by Crippen LogP contribution is -2.19. The van der Waals surface area contributed by atoms with Crippen LogP contribution in [0.4, 0.5) is 5.69 Å². The number of rotatable bonds is 8. The zero-order valence-corrected chi connectivity index (χ0v) is 12.6. The summed E-state index contributed by atoms with van der Waals surface area (Å²) in [5.41, 5.74) is 0.000197. The second-order valence-corrected chi connectivity index (χ2v) is 6.84. The second-order valence-electron chi connectivity index (χ2n) is 3.30. The number of carbonyl (C=O) groups is 1. The molecule has 1 rings (SSSR count). The van der Waals surface area contributed by atoms with Gasteiger partial charge < -0.3 is 5.32 Å². The van der Waals surface area contributed by atoms with Crippen LogP contribution in [-0.2, 0) is 4.79 Å². The Hall–Kier alpha value is -0.930. The fraction of sp³-hybridized carbons (Fsp3) is 0.400. The van der Waals surface area contributed by atoms with Gasteiger partial charge in [-0.15, -0.1) is 11.8 Å². The first kappa shape index (κ1) is 16.1. The van der Waals surface area contributed by atoms with E-state index in [1.54, 1.807) is 28.6 Å². The molecule has 0 aromatic carbocycles. The highest BCUT2D eigenvalue weighted by molar-refractivity contribution is 8.76. The van der Waals surface area contributed by atoms with Crippen molar-refractivity contribution < 1.29 is 9.72 Å². The van der Waals surface area contributed by atoms with E-state index in [2.05, 4.69) is 10.3 Å². The van der Waals surface area contributed by atoms with E-state index < -0.39 is 4.92 Å². The Morgan fingerprint density at radius 1 is 1.47 bits per heavy atom. The van der Waals surface area contributed by atoms with Gasteiger partial charge in [-0.3, -0.25) is 14.9 Å². The Kier molecular flexibility index (Phi) is 7.68. The average Bonchev–Trinajstić information content (AvgIpc) is 2.38. The number of nitrogens with one attached hydrogen (secondary N) is 1. The van der Waals surface area contributed by atoms with Crippen molar-refractivity contribution in [3.8, 4) is 0 Å². The molecule has 0 aliphatic rings. The quantitative estimate of drug-likeness (QED) is 0.259. The first-order chi connectivity index (χ1) is 9.09. The fourth-order valence-electron chi connectivity index (χ4n) is 0.950. The van der Waals surface area contributed by atoms with E-state index >= 15 is 0 Å². The van der Waals surface area contributed by atoms with Crippen LogP contribution in [0.15, 0.2) is 23.4 Å². The third-order valence-electron chi connectivity index (χ3n) is 1.81. The molecule has 0 aliphatic heterocycles. The van der Waals surface area contributed by atoms with E-state index in [1.165, 1.54) is 30.0 Å². The van der Waals surface area contributed by atoms with Gasteiger partial charge in [0.1, 0.15) is 11.2 Å². The molecular weight excluding hydrogens is 306 g/mol. The van der Waals surface area contributed by atoms with Crippen LogP contribution in [0.2, 0.25) is 0 Å². The van der Waals surface area contributed by atoms with Crippen molar-refractivity contribution in [2.24, 2.45) is 0 Å². The molecule has 0 fully saturated rings. The van der Waals surface area contributed by atoms with E-state index in [1.807, 2.05) is 0 Å². The lowest BCUT2D eigenvalue weighted by Gasteiger charge is -2.02. The summed E-state index contributed by atoms with van der Waals surface area (Å²) in [4.78, 5) is 24.6. The smallest absolute Gasteiger partial charge is 0.287 e. The zero-order chi connectivity index (χ0) is 14.1. The van der Waals surface area contributed by atoms with Gasteiger partial charge in [0.05, 0.1) is 10.8 Å². The molecule has 0 radical (unpaired) electrons. The van der Waals surface area contributed by atoms with Gasteiger partial charge in [-0.2, -0.15) is 0 Å². The number of hydrogen-bond acceptors (Lipinski definition) is 7. The largest absolute Gasteiger partial charge is 0.347 e. The minimum Gasteiger partial charge on any atom is -0.347 e. The van der Waals surface area contributed by atoms with Crippen molar-refractivity contribution >= 4 is 44.9 Å². The summed E-state index contributed by atoms with van der Waals surface area (Å²) in [6.45, 7) is 1.49. The van der Waals surface area contributed by atoms with Crippen LogP contribution in [0.3, 0.4) is 0 Å². The number of amides is 1. The van der Waals surface area contributed by atoms with Crippen molar-refractivity contribution in [3.63, 3.8) is 0 Å². The average molecular weight is 319 g/mol. The summed E-state index contributed by atoms with van der Waals surface area (Å²) in [6.07, 6.45) is 1.26. The van der Waals surface area contributed by atoms with Crippen LogP contribution < -0.4 is 5.32 Å². The van der Waals surface area contributed by atoms with E-state index in [9.17, 15) is 14.9 Å². The normalized spacial score (nSPS) is 10.2. The molecule has 0 unspecified atom stereocenters. The fourth-order valence-corrected chi connectivity index (χ4v) is 4.09. The monoisotopic (exact) mass is 319 g/mol. The number of carbonyl (C=O) groups excluding carboxylic acids is 1. The molecule has 0 saturated heterocycles. The summed E-state index contributed by atoms with van der Waals surface area (Å²) in [7, 11) is 3.12. The lowest BCUT2D eigenvalue weighted by molar-refractivity contribution is -0.385. The van der Waals surface area contributed by atoms with E-state index in [4.69, 9.17) is 0 Å². The number of nitro groups is 1. The van der Waals surface area contributed by atoms with Gasteiger partial charge in [-0.05, 0) is 16.9 Å². The van der Waals surface area contributed by atoms with Gasteiger partial charge in [0, 0.05) is 24.5 Å². The third kappa shape index (κ3) is 7.28. The second kappa shape index (κ2) is 9.05. The van der Waals surface area contributed by atoms with E-state index in [0.29, 0.717) is 5.88 Å². The summed E-state index contributed by atoms with van der Waals surface area (Å²) in [5, 5.41) is 13.9. The Labute approximate surface area is 123 Å². The van der Waals surface area contributed by atoms with Crippen molar-refractivity contribution in [2.75, 3.05) is 17.4 Å². The molecule has 104 valence electrons. The molecule has 1 N–H and O–H groups in total. The highest BCUT2D eigenvalue weighted by Gasteiger charge is 2.05. The predicted octanol–water partition coefficient (Wildman–Crippen LogP) is 2.56. The molecular formula is C10H13N3O3S3. The van der Waals surface area contributed by atoms with Gasteiger partial charge in [0.15, 0.2) is 0 Å². The molecule has 0 aliphatic carbocycles. The summed E-state index contributed by atoms with van der Waals surface area (Å²) in [6, 6.07) is 3.08. The minimum absolute atomic E-state index is 0.000197. The summed E-state index contributed by atoms with van der Waals surface area (Å²) in [5.74, 6) is 2.43. The van der Waals surface area contributed by atoms with Gasteiger partial charge in [0.25, 0.3) is 5.69 Å². The molecule has 1 aromatic heterocycles. The van der Waals surface area contributed by atoms with Crippen LogP contribution in [-0.4, -0.2) is 33.2 Å². The van der Waals surface area contributed by atoms with Gasteiger partial charge in [-0.1, -0.05) is 10.8 Å².